The molecule has 2 N–H and O–H groups in total. The fraction of sp³-hybridized carbons (Fsp3) is 0.588. The zero-order chi connectivity index (χ0) is 16.9. The third kappa shape index (κ3) is 5.47. The van der Waals surface area contributed by atoms with Gasteiger partial charge < -0.3 is 20.1 Å². The molecule has 0 aliphatic rings. The molecule has 1 rings (SSSR count). The molecule has 0 aliphatic heterocycles. The molecular formula is C17H28N2O3. The molecule has 0 bridgehead atoms. The first kappa shape index (κ1) is 18.1. The lowest BCUT2D eigenvalue weighted by Crippen LogP contribution is -2.40. The number of ether oxygens (including phenoxy) is 2. The van der Waals surface area contributed by atoms with Crippen LogP contribution >= 0.6 is 0 Å². The molecule has 1 aromatic rings. The Morgan fingerprint density at radius 1 is 1.32 bits per heavy atom. The second-order valence-electron chi connectivity index (χ2n) is 6.50. The van der Waals surface area contributed by atoms with Crippen molar-refractivity contribution in [1.29, 1.82) is 0 Å². The van der Waals surface area contributed by atoms with Crippen LogP contribution in [0, 0.1) is 0 Å². The van der Waals surface area contributed by atoms with Crippen molar-refractivity contribution in [3.05, 3.63) is 23.8 Å². The normalized spacial score (nSPS) is 11.4. The smallest absolute Gasteiger partial charge is 0.410 e. The summed E-state index contributed by atoms with van der Waals surface area (Å²) in [6.07, 6.45) is -0.340. The van der Waals surface area contributed by atoms with Crippen molar-refractivity contribution in [2.45, 2.75) is 59.7 Å². The molecule has 0 heterocycles. The van der Waals surface area contributed by atoms with E-state index in [2.05, 4.69) is 0 Å². The molecule has 0 saturated heterocycles. The van der Waals surface area contributed by atoms with Gasteiger partial charge in [-0.1, -0.05) is 0 Å². The lowest BCUT2D eigenvalue weighted by molar-refractivity contribution is 0.0170. The average molecular weight is 308 g/mol. The number of hydrogen-bond acceptors (Lipinski definition) is 4. The van der Waals surface area contributed by atoms with Gasteiger partial charge in [0.2, 0.25) is 0 Å². The van der Waals surface area contributed by atoms with E-state index in [1.165, 1.54) is 0 Å². The summed E-state index contributed by atoms with van der Waals surface area (Å²) >= 11 is 0. The summed E-state index contributed by atoms with van der Waals surface area (Å²) in [5.74, 6) is 0.742. The van der Waals surface area contributed by atoms with Crippen molar-refractivity contribution in [1.82, 2.24) is 4.90 Å². The Labute approximate surface area is 133 Å². The van der Waals surface area contributed by atoms with Gasteiger partial charge in [0, 0.05) is 17.3 Å². The number of nitrogens with two attached hydrogens (primary N) is 1. The van der Waals surface area contributed by atoms with E-state index >= 15 is 0 Å². The van der Waals surface area contributed by atoms with Gasteiger partial charge in [-0.3, -0.25) is 0 Å². The van der Waals surface area contributed by atoms with E-state index in [4.69, 9.17) is 15.2 Å². The Hall–Kier alpha value is -1.91. The molecule has 1 aromatic carbocycles. The summed E-state index contributed by atoms with van der Waals surface area (Å²) in [5.41, 5.74) is 6.86. The molecule has 0 fully saturated rings. The molecule has 1 amide bonds. The maximum Gasteiger partial charge on any atom is 0.410 e. The molecule has 0 aromatic heterocycles. The summed E-state index contributed by atoms with van der Waals surface area (Å²) in [6.45, 7) is 12.4. The van der Waals surface area contributed by atoms with Crippen LogP contribution in [-0.2, 0) is 11.3 Å². The first-order chi connectivity index (χ1) is 10.1. The molecule has 0 atom stereocenters. The second kappa shape index (κ2) is 7.38. The molecule has 124 valence electrons. The van der Waals surface area contributed by atoms with Gasteiger partial charge in [0.25, 0.3) is 0 Å². The van der Waals surface area contributed by atoms with Crippen LogP contribution in [0.15, 0.2) is 18.2 Å². The zero-order valence-electron chi connectivity index (χ0n) is 14.5. The predicted molar refractivity (Wildman–Crippen MR) is 88.9 cm³/mol. The highest BCUT2D eigenvalue weighted by atomic mass is 16.6. The molecule has 0 spiro atoms. The molecule has 22 heavy (non-hydrogen) atoms. The largest absolute Gasteiger partial charge is 0.494 e. The number of benzene rings is 1. The summed E-state index contributed by atoms with van der Waals surface area (Å²) in [6, 6.07) is 5.47. The van der Waals surface area contributed by atoms with Crippen molar-refractivity contribution in [3.63, 3.8) is 0 Å². The molecule has 0 unspecified atom stereocenters. The minimum atomic E-state index is -0.525. The van der Waals surface area contributed by atoms with E-state index < -0.39 is 5.60 Å². The van der Waals surface area contributed by atoms with Crippen LogP contribution in [-0.4, -0.2) is 29.2 Å². The van der Waals surface area contributed by atoms with E-state index in [9.17, 15) is 4.79 Å². The molecule has 0 aliphatic carbocycles. The first-order valence-corrected chi connectivity index (χ1v) is 7.65. The molecule has 0 radical (unpaired) electrons. The highest BCUT2D eigenvalue weighted by Gasteiger charge is 2.25. The highest BCUT2D eigenvalue weighted by Crippen LogP contribution is 2.25. The third-order valence-electron chi connectivity index (χ3n) is 2.98. The van der Waals surface area contributed by atoms with E-state index in [-0.39, 0.29) is 12.1 Å². The quantitative estimate of drug-likeness (QED) is 0.840. The summed E-state index contributed by atoms with van der Waals surface area (Å²) in [7, 11) is 0. The van der Waals surface area contributed by atoms with Gasteiger partial charge in [0.05, 0.1) is 13.2 Å². The van der Waals surface area contributed by atoms with Crippen LogP contribution in [0.3, 0.4) is 0 Å². The van der Waals surface area contributed by atoms with E-state index in [0.29, 0.717) is 18.8 Å². The third-order valence-corrected chi connectivity index (χ3v) is 2.98. The van der Waals surface area contributed by atoms with Crippen LogP contribution in [0.4, 0.5) is 10.5 Å². The van der Waals surface area contributed by atoms with Crippen molar-refractivity contribution < 1.29 is 14.3 Å². The number of amides is 1. The van der Waals surface area contributed by atoms with Gasteiger partial charge in [-0.2, -0.15) is 0 Å². The number of nitrogens with zero attached hydrogens (tertiary/aromatic N) is 1. The fourth-order valence-corrected chi connectivity index (χ4v) is 1.98. The minimum Gasteiger partial charge on any atom is -0.494 e. The van der Waals surface area contributed by atoms with Gasteiger partial charge in [0.1, 0.15) is 11.4 Å². The minimum absolute atomic E-state index is 0.00533. The summed E-state index contributed by atoms with van der Waals surface area (Å²) in [4.78, 5) is 14.1. The van der Waals surface area contributed by atoms with Gasteiger partial charge >= 0.3 is 6.09 Å². The predicted octanol–water partition coefficient (Wildman–Crippen LogP) is 3.81. The van der Waals surface area contributed by atoms with Crippen LogP contribution in [0.2, 0.25) is 0 Å². The van der Waals surface area contributed by atoms with Gasteiger partial charge in [-0.25, -0.2) is 4.79 Å². The van der Waals surface area contributed by atoms with Gasteiger partial charge in [0.15, 0.2) is 0 Å². The van der Waals surface area contributed by atoms with Crippen molar-refractivity contribution in [2.24, 2.45) is 0 Å². The van der Waals surface area contributed by atoms with Crippen molar-refractivity contribution >= 4 is 11.8 Å². The van der Waals surface area contributed by atoms with Crippen molar-refractivity contribution in [2.75, 3.05) is 12.3 Å². The summed E-state index contributed by atoms with van der Waals surface area (Å²) < 4.78 is 11.1. The summed E-state index contributed by atoms with van der Waals surface area (Å²) in [5, 5.41) is 0. The standard InChI is InChI=1S/C17H28N2O3/c1-7-21-15-9-8-14(18)10-13(15)11-19(12(2)3)16(20)22-17(4,5)6/h8-10,12H,7,11,18H2,1-6H3. The molecule has 5 heteroatoms. The van der Waals surface area contributed by atoms with E-state index in [0.717, 1.165) is 11.3 Å². The van der Waals surface area contributed by atoms with Crippen molar-refractivity contribution in [3.8, 4) is 5.75 Å². The van der Waals surface area contributed by atoms with Crippen LogP contribution < -0.4 is 10.5 Å². The van der Waals surface area contributed by atoms with Crippen LogP contribution in [0.1, 0.15) is 47.1 Å². The number of anilines is 1. The highest BCUT2D eigenvalue weighted by molar-refractivity contribution is 5.68. The fourth-order valence-electron chi connectivity index (χ4n) is 1.98. The zero-order valence-corrected chi connectivity index (χ0v) is 14.5. The number of rotatable bonds is 5. The molecular weight excluding hydrogens is 280 g/mol. The lowest BCUT2D eigenvalue weighted by Gasteiger charge is -2.30. The first-order valence-electron chi connectivity index (χ1n) is 7.65. The topological polar surface area (TPSA) is 64.8 Å². The molecule has 5 nitrogen and oxygen atoms in total. The second-order valence-corrected chi connectivity index (χ2v) is 6.50. The Morgan fingerprint density at radius 3 is 2.45 bits per heavy atom. The maximum absolute atomic E-state index is 12.4. The SMILES string of the molecule is CCOc1ccc(N)cc1CN(C(=O)OC(C)(C)C)C(C)C. The Balaban J connectivity index is 3.01. The molecule has 0 saturated carbocycles. The number of carbonyl (C=O) groups is 1. The Morgan fingerprint density at radius 2 is 1.95 bits per heavy atom. The Bertz CT molecular complexity index is 507. The monoisotopic (exact) mass is 308 g/mol. The Kier molecular flexibility index (Phi) is 6.09. The van der Waals surface area contributed by atoms with Crippen LogP contribution in [0.25, 0.3) is 0 Å². The van der Waals surface area contributed by atoms with Crippen LogP contribution in [0.5, 0.6) is 5.75 Å². The van der Waals surface area contributed by atoms with E-state index in [1.807, 2.05) is 53.7 Å². The van der Waals surface area contributed by atoms with Gasteiger partial charge in [-0.05, 0) is 59.7 Å². The van der Waals surface area contributed by atoms with E-state index in [1.54, 1.807) is 11.0 Å². The van der Waals surface area contributed by atoms with Gasteiger partial charge in [-0.15, -0.1) is 0 Å². The number of nitrogen functional groups attached to an aromatic ring is 1. The number of hydrogen-bond donors (Lipinski definition) is 1. The lowest BCUT2D eigenvalue weighted by atomic mass is 10.1. The maximum atomic E-state index is 12.4. The average Bonchev–Trinajstić information content (AvgIpc) is 2.36. The number of carbonyl (C=O) groups excluding carboxylic acids is 1.